The maximum Gasteiger partial charge on any atom is 0.410 e. The molecular weight excluding hydrogens is 526 g/mol. The quantitative estimate of drug-likeness (QED) is 0.399. The minimum Gasteiger partial charge on any atom is -0.444 e. The monoisotopic (exact) mass is 579 g/mol. The van der Waals surface area contributed by atoms with Crippen LogP contribution in [0.3, 0.4) is 0 Å². The van der Waals surface area contributed by atoms with Gasteiger partial charge >= 0.3 is 12.2 Å². The number of rotatable bonds is 2. The fraction of sp³-hybridized carbons (Fsp3) is 0.867. The molecule has 4 saturated heterocycles. The van der Waals surface area contributed by atoms with Gasteiger partial charge in [-0.05, 0) is 99.3 Å². The van der Waals surface area contributed by atoms with Crippen molar-refractivity contribution in [3.05, 3.63) is 0 Å². The summed E-state index contributed by atoms with van der Waals surface area (Å²) < 4.78 is 10.8. The molecule has 0 aliphatic carbocycles. The van der Waals surface area contributed by atoms with Gasteiger partial charge in [0.25, 0.3) is 0 Å². The van der Waals surface area contributed by atoms with E-state index in [2.05, 4.69) is 9.80 Å². The lowest BCUT2D eigenvalue weighted by atomic mass is 9.99. The number of carbonyl (C=O) groups excluding carboxylic acids is 2. The number of nitrogens with zero attached hydrogens (tertiary/aromatic N) is 4. The van der Waals surface area contributed by atoms with Gasteiger partial charge in [0.15, 0.2) is 0 Å². The Morgan fingerprint density at radius 2 is 1.07 bits per heavy atom. The summed E-state index contributed by atoms with van der Waals surface area (Å²) in [5, 5.41) is 8.06. The summed E-state index contributed by atoms with van der Waals surface area (Å²) in [4.78, 5) is 33.4. The third-order valence-corrected chi connectivity index (χ3v) is 8.32. The number of likely N-dealkylation sites (tertiary alicyclic amines) is 4. The summed E-state index contributed by atoms with van der Waals surface area (Å²) in [6, 6.07) is 0.947. The summed E-state index contributed by atoms with van der Waals surface area (Å²) in [5.41, 5.74) is -0.842. The number of carbonyl (C=O) groups is 2. The Bertz CT molecular complexity index is 812. The van der Waals surface area contributed by atoms with E-state index in [9.17, 15) is 9.59 Å². The van der Waals surface area contributed by atoms with Gasteiger partial charge < -0.3 is 29.1 Å². The summed E-state index contributed by atoms with van der Waals surface area (Å²) in [5.74, 6) is 0.784. The molecule has 0 saturated carbocycles. The van der Waals surface area contributed by atoms with Crippen LogP contribution < -0.4 is 0 Å². The molecule has 4 heterocycles. The van der Waals surface area contributed by atoms with Crippen molar-refractivity contribution in [3.63, 3.8) is 0 Å². The number of hydrogen-bond acceptors (Lipinski definition) is 6. The lowest BCUT2D eigenvalue weighted by molar-refractivity contribution is 0.0160. The first-order chi connectivity index (χ1) is 18.7. The Hall–Kier alpha value is -2.10. The molecule has 0 aromatic heterocycles. The number of nitrogens with one attached hydrogen (secondary N) is 1. The molecular formula is C30H53N5O4S. The second kappa shape index (κ2) is 14.2. The van der Waals surface area contributed by atoms with E-state index >= 15 is 0 Å². The predicted molar refractivity (Wildman–Crippen MR) is 163 cm³/mol. The lowest BCUT2D eigenvalue weighted by Gasteiger charge is -2.41. The Morgan fingerprint density at radius 3 is 1.48 bits per heavy atom. The van der Waals surface area contributed by atoms with Gasteiger partial charge in [0.05, 0.1) is 10.8 Å². The molecule has 4 rings (SSSR count). The number of ether oxygens (including phenoxy) is 2. The Balaban J connectivity index is 0.000000220. The third-order valence-electron chi connectivity index (χ3n) is 7.88. The first kappa shape index (κ1) is 32.4. The zero-order valence-electron chi connectivity index (χ0n) is 25.8. The van der Waals surface area contributed by atoms with E-state index in [0.29, 0.717) is 12.1 Å². The van der Waals surface area contributed by atoms with E-state index in [1.165, 1.54) is 19.3 Å². The molecule has 0 aromatic carbocycles. The van der Waals surface area contributed by atoms with Gasteiger partial charge in [-0.2, -0.15) is 0 Å². The van der Waals surface area contributed by atoms with Gasteiger partial charge in [0.2, 0.25) is 0 Å². The van der Waals surface area contributed by atoms with E-state index in [0.717, 1.165) is 95.0 Å². The zero-order chi connectivity index (χ0) is 29.5. The fourth-order valence-corrected chi connectivity index (χ4v) is 6.23. The van der Waals surface area contributed by atoms with Crippen LogP contribution in [0.25, 0.3) is 0 Å². The second-order valence-corrected chi connectivity index (χ2v) is 14.0. The van der Waals surface area contributed by atoms with Crippen molar-refractivity contribution in [2.45, 2.75) is 129 Å². The highest BCUT2D eigenvalue weighted by Crippen LogP contribution is 2.25. The number of thiocarbonyl (C=S) groups is 1. The molecule has 40 heavy (non-hydrogen) atoms. The van der Waals surface area contributed by atoms with Gasteiger partial charge in [-0.15, -0.1) is 0 Å². The third kappa shape index (κ3) is 10.1. The fourth-order valence-electron chi connectivity index (χ4n) is 5.84. The minimum absolute atomic E-state index is 0.183. The smallest absolute Gasteiger partial charge is 0.410 e. The Labute approximate surface area is 247 Å². The molecule has 0 unspecified atom stereocenters. The molecule has 10 heteroatoms. The molecule has 4 aliphatic heterocycles. The van der Waals surface area contributed by atoms with Crippen molar-refractivity contribution in [1.82, 2.24) is 19.6 Å². The second-order valence-electron chi connectivity index (χ2n) is 13.5. The number of amides is 2. The van der Waals surface area contributed by atoms with E-state index in [-0.39, 0.29) is 12.2 Å². The van der Waals surface area contributed by atoms with Crippen LogP contribution in [0.1, 0.15) is 106 Å². The Kier molecular flexibility index (Phi) is 11.5. The molecule has 0 spiro atoms. The van der Waals surface area contributed by atoms with Gasteiger partial charge in [0, 0.05) is 57.8 Å². The molecule has 2 amide bonds. The van der Waals surface area contributed by atoms with Crippen molar-refractivity contribution >= 4 is 35.2 Å². The average molecular weight is 580 g/mol. The number of amidine groups is 1. The van der Waals surface area contributed by atoms with Crippen molar-refractivity contribution in [2.24, 2.45) is 0 Å². The topological polar surface area (TPSA) is 89.4 Å². The summed E-state index contributed by atoms with van der Waals surface area (Å²) in [6.07, 6.45) is 10.3. The Morgan fingerprint density at radius 1 is 0.675 bits per heavy atom. The molecule has 228 valence electrons. The highest BCUT2D eigenvalue weighted by molar-refractivity contribution is 7.80. The molecule has 4 fully saturated rings. The highest BCUT2D eigenvalue weighted by Gasteiger charge is 2.32. The SMILES string of the molecule is CC(C)(C)OC(=O)N1CCC(N2CCCCC2=N)CC1.CC(C)(C)OC(=O)N1CCC(N2CCCCC2=S)CC1. The van der Waals surface area contributed by atoms with E-state index in [4.69, 9.17) is 27.1 Å². The lowest BCUT2D eigenvalue weighted by Crippen LogP contribution is -2.50. The average Bonchev–Trinajstić information content (AvgIpc) is 2.88. The first-order valence-corrected chi connectivity index (χ1v) is 15.7. The van der Waals surface area contributed by atoms with Crippen molar-refractivity contribution < 1.29 is 19.1 Å². The van der Waals surface area contributed by atoms with Gasteiger partial charge in [-0.1, -0.05) is 12.2 Å². The zero-order valence-corrected chi connectivity index (χ0v) is 26.6. The maximum absolute atomic E-state index is 12.0. The van der Waals surface area contributed by atoms with Crippen LogP contribution >= 0.6 is 12.2 Å². The van der Waals surface area contributed by atoms with Crippen LogP contribution in [0.2, 0.25) is 0 Å². The van der Waals surface area contributed by atoms with Crippen molar-refractivity contribution in [3.8, 4) is 0 Å². The summed E-state index contributed by atoms with van der Waals surface area (Å²) in [7, 11) is 0. The van der Waals surface area contributed by atoms with Gasteiger partial charge in [-0.3, -0.25) is 5.41 Å². The molecule has 1 N–H and O–H groups in total. The predicted octanol–water partition coefficient (Wildman–Crippen LogP) is 6.05. The molecule has 0 aromatic rings. The summed E-state index contributed by atoms with van der Waals surface area (Å²) in [6.45, 7) is 16.5. The molecule has 9 nitrogen and oxygen atoms in total. The first-order valence-electron chi connectivity index (χ1n) is 15.3. The van der Waals surface area contributed by atoms with Crippen LogP contribution in [-0.2, 0) is 9.47 Å². The van der Waals surface area contributed by atoms with Gasteiger partial charge in [0.1, 0.15) is 11.2 Å². The van der Waals surface area contributed by atoms with Crippen LogP contribution in [-0.4, -0.2) is 105 Å². The standard InChI is InChI=1S/C15H27N3O2.C15H26N2O2S/c1-15(2,3)20-14(19)17-10-7-12(8-11-17)18-9-5-4-6-13(18)16;1-15(2,3)19-14(18)16-10-7-12(8-11-16)17-9-5-4-6-13(17)20/h12,16H,4-11H2,1-3H3;12H,4-11H2,1-3H3. The van der Waals surface area contributed by atoms with Crippen LogP contribution in [0.5, 0.6) is 0 Å². The number of piperidine rings is 4. The number of hydrogen-bond donors (Lipinski definition) is 1. The van der Waals surface area contributed by atoms with Crippen LogP contribution in [0.4, 0.5) is 9.59 Å². The molecule has 4 aliphatic rings. The van der Waals surface area contributed by atoms with Crippen molar-refractivity contribution in [2.75, 3.05) is 39.3 Å². The highest BCUT2D eigenvalue weighted by atomic mass is 32.1. The molecule has 0 atom stereocenters. The normalized spacial score (nSPS) is 22.1. The molecule has 0 bridgehead atoms. The minimum atomic E-state index is -0.428. The van der Waals surface area contributed by atoms with Crippen molar-refractivity contribution in [1.29, 1.82) is 5.41 Å². The molecule has 0 radical (unpaired) electrons. The maximum atomic E-state index is 12.0. The largest absolute Gasteiger partial charge is 0.444 e. The van der Waals surface area contributed by atoms with Crippen LogP contribution in [0, 0.1) is 5.41 Å². The van der Waals surface area contributed by atoms with E-state index in [1.54, 1.807) is 4.90 Å². The summed E-state index contributed by atoms with van der Waals surface area (Å²) >= 11 is 5.48. The van der Waals surface area contributed by atoms with Gasteiger partial charge in [-0.25, -0.2) is 9.59 Å². The van der Waals surface area contributed by atoms with Crippen LogP contribution in [0.15, 0.2) is 0 Å². The van der Waals surface area contributed by atoms with E-state index < -0.39 is 11.2 Å². The van der Waals surface area contributed by atoms with E-state index in [1.807, 2.05) is 46.4 Å².